The highest BCUT2D eigenvalue weighted by molar-refractivity contribution is 5.94. The number of pyridine rings is 1. The molecule has 174 valence electrons. The van der Waals surface area contributed by atoms with Crippen molar-refractivity contribution < 1.29 is 19.0 Å². The molecular formula is C26H30N2O5. The maximum absolute atomic E-state index is 12.6. The van der Waals surface area contributed by atoms with E-state index in [2.05, 4.69) is 12.2 Å². The molecule has 3 aromatic rings. The van der Waals surface area contributed by atoms with Gasteiger partial charge in [-0.05, 0) is 62.2 Å². The van der Waals surface area contributed by atoms with Crippen LogP contribution >= 0.6 is 0 Å². The average Bonchev–Trinajstić information content (AvgIpc) is 2.83. The lowest BCUT2D eigenvalue weighted by Crippen LogP contribution is -2.32. The zero-order valence-electron chi connectivity index (χ0n) is 19.5. The van der Waals surface area contributed by atoms with Gasteiger partial charge in [-0.3, -0.25) is 9.59 Å². The number of aromatic nitrogens is 1. The van der Waals surface area contributed by atoms with Crippen LogP contribution in [0.1, 0.15) is 25.1 Å². The lowest BCUT2D eigenvalue weighted by Gasteiger charge is -2.19. The number of carbonyl (C=O) groups excluding carboxylic acids is 1. The van der Waals surface area contributed by atoms with E-state index in [1.807, 2.05) is 53.1 Å². The first-order chi connectivity index (χ1) is 15.9. The number of ether oxygens (including phenoxy) is 3. The van der Waals surface area contributed by atoms with Crippen LogP contribution < -0.4 is 25.0 Å². The number of aryl methyl sites for hydroxylation is 1. The number of amides is 1. The van der Waals surface area contributed by atoms with E-state index in [1.54, 1.807) is 27.2 Å². The first-order valence-corrected chi connectivity index (χ1v) is 10.9. The molecule has 2 aromatic carbocycles. The van der Waals surface area contributed by atoms with Gasteiger partial charge in [-0.15, -0.1) is 0 Å². The van der Waals surface area contributed by atoms with Crippen LogP contribution in [0.15, 0.2) is 65.6 Å². The topological polar surface area (TPSA) is 78.8 Å². The lowest BCUT2D eigenvalue weighted by molar-refractivity contribution is -0.122. The van der Waals surface area contributed by atoms with E-state index >= 15 is 0 Å². The van der Waals surface area contributed by atoms with Crippen molar-refractivity contribution >= 4 is 11.6 Å². The highest BCUT2D eigenvalue weighted by Crippen LogP contribution is 2.18. The normalized spacial score (nSPS) is 11.5. The second kappa shape index (κ2) is 11.2. The van der Waals surface area contributed by atoms with E-state index in [9.17, 15) is 9.59 Å². The van der Waals surface area contributed by atoms with E-state index in [-0.39, 0.29) is 17.1 Å². The predicted octanol–water partition coefficient (Wildman–Crippen LogP) is 4.21. The summed E-state index contributed by atoms with van der Waals surface area (Å²) in [6.45, 7) is 6.40. The standard InChI is InChI=1S/C26H30N2O5/c1-5-20-6-8-21(9-7-20)27-26(30)19(3)33-25-18(2)28(15-14-24(25)29)16-17-32-23-12-10-22(31-4)11-13-23/h6-15,19H,5,16-17H2,1-4H3,(H,27,30). The van der Waals surface area contributed by atoms with Crippen LogP contribution in [0.5, 0.6) is 17.2 Å². The fourth-order valence-electron chi connectivity index (χ4n) is 3.27. The van der Waals surface area contributed by atoms with Crippen LogP contribution in [0.3, 0.4) is 0 Å². The van der Waals surface area contributed by atoms with E-state index in [4.69, 9.17) is 14.2 Å². The smallest absolute Gasteiger partial charge is 0.265 e. The van der Waals surface area contributed by atoms with Crippen molar-refractivity contribution in [3.05, 3.63) is 82.3 Å². The number of rotatable bonds is 10. The Hall–Kier alpha value is -3.74. The van der Waals surface area contributed by atoms with Crippen molar-refractivity contribution in [1.82, 2.24) is 4.57 Å². The third kappa shape index (κ3) is 6.38. The Labute approximate surface area is 193 Å². The highest BCUT2D eigenvalue weighted by Gasteiger charge is 2.19. The molecule has 0 spiro atoms. The van der Waals surface area contributed by atoms with Gasteiger partial charge >= 0.3 is 0 Å². The molecule has 1 aromatic heterocycles. The minimum Gasteiger partial charge on any atom is -0.497 e. The largest absolute Gasteiger partial charge is 0.497 e. The van der Waals surface area contributed by atoms with Gasteiger partial charge in [0.25, 0.3) is 5.91 Å². The third-order valence-corrected chi connectivity index (χ3v) is 5.34. The van der Waals surface area contributed by atoms with Crippen LogP contribution in [0.4, 0.5) is 5.69 Å². The Bertz CT molecular complexity index is 1120. The molecule has 0 radical (unpaired) electrons. The maximum atomic E-state index is 12.6. The lowest BCUT2D eigenvalue weighted by atomic mass is 10.1. The van der Waals surface area contributed by atoms with E-state index in [0.717, 1.165) is 17.9 Å². The summed E-state index contributed by atoms with van der Waals surface area (Å²) in [6, 6.07) is 16.4. The molecule has 0 aliphatic rings. The number of methoxy groups -OCH3 is 1. The zero-order chi connectivity index (χ0) is 23.8. The summed E-state index contributed by atoms with van der Waals surface area (Å²) >= 11 is 0. The van der Waals surface area contributed by atoms with Gasteiger partial charge in [-0.25, -0.2) is 0 Å². The second-order valence-corrected chi connectivity index (χ2v) is 7.61. The van der Waals surface area contributed by atoms with Gasteiger partial charge < -0.3 is 24.1 Å². The number of hydrogen-bond acceptors (Lipinski definition) is 5. The fourth-order valence-corrected chi connectivity index (χ4v) is 3.27. The molecule has 0 fully saturated rings. The molecule has 0 saturated heterocycles. The second-order valence-electron chi connectivity index (χ2n) is 7.61. The summed E-state index contributed by atoms with van der Waals surface area (Å²) < 4.78 is 18.6. The number of nitrogens with zero attached hydrogens (tertiary/aromatic N) is 1. The molecule has 33 heavy (non-hydrogen) atoms. The molecule has 0 bridgehead atoms. The van der Waals surface area contributed by atoms with Gasteiger partial charge in [0, 0.05) is 18.0 Å². The molecule has 1 amide bonds. The number of hydrogen-bond donors (Lipinski definition) is 1. The molecule has 0 aliphatic carbocycles. The van der Waals surface area contributed by atoms with Gasteiger partial charge in [0.05, 0.1) is 19.3 Å². The Morgan fingerprint density at radius 3 is 2.33 bits per heavy atom. The minimum atomic E-state index is -0.839. The molecule has 3 rings (SSSR count). The summed E-state index contributed by atoms with van der Waals surface area (Å²) in [6.07, 6.45) is 1.79. The highest BCUT2D eigenvalue weighted by atomic mass is 16.5. The monoisotopic (exact) mass is 450 g/mol. The van der Waals surface area contributed by atoms with Crippen molar-refractivity contribution in [2.75, 3.05) is 19.0 Å². The zero-order valence-corrected chi connectivity index (χ0v) is 19.5. The molecule has 0 saturated carbocycles. The summed E-state index contributed by atoms with van der Waals surface area (Å²) in [5.41, 5.74) is 2.24. The van der Waals surface area contributed by atoms with Crippen molar-refractivity contribution in [2.24, 2.45) is 0 Å². The van der Waals surface area contributed by atoms with Gasteiger partial charge in [0.1, 0.15) is 18.1 Å². The minimum absolute atomic E-state index is 0.158. The van der Waals surface area contributed by atoms with E-state index in [1.165, 1.54) is 11.6 Å². The summed E-state index contributed by atoms with van der Waals surface area (Å²) in [7, 11) is 1.61. The molecule has 1 heterocycles. The number of benzene rings is 2. The first kappa shape index (κ1) is 23.9. The van der Waals surface area contributed by atoms with Crippen molar-refractivity contribution in [3.63, 3.8) is 0 Å². The van der Waals surface area contributed by atoms with Crippen LogP contribution in [-0.2, 0) is 17.8 Å². The number of anilines is 1. The van der Waals surface area contributed by atoms with E-state index < -0.39 is 6.10 Å². The Morgan fingerprint density at radius 2 is 1.70 bits per heavy atom. The van der Waals surface area contributed by atoms with Crippen LogP contribution in [0.25, 0.3) is 0 Å². The van der Waals surface area contributed by atoms with Crippen LogP contribution in [-0.4, -0.2) is 30.3 Å². The van der Waals surface area contributed by atoms with Gasteiger partial charge in [-0.1, -0.05) is 19.1 Å². The first-order valence-electron chi connectivity index (χ1n) is 10.9. The van der Waals surface area contributed by atoms with Crippen molar-refractivity contribution in [1.29, 1.82) is 0 Å². The average molecular weight is 451 g/mol. The van der Waals surface area contributed by atoms with Crippen LogP contribution in [0.2, 0.25) is 0 Å². The molecule has 1 N–H and O–H groups in total. The SMILES string of the molecule is CCc1ccc(NC(=O)C(C)Oc2c(C)n(CCOc3ccc(OC)cc3)ccc2=O)cc1. The Balaban J connectivity index is 1.61. The van der Waals surface area contributed by atoms with Crippen molar-refractivity contribution in [2.45, 2.75) is 39.8 Å². The molecule has 7 heteroatoms. The van der Waals surface area contributed by atoms with Gasteiger partial charge in [0.2, 0.25) is 5.43 Å². The number of carbonyl (C=O) groups is 1. The van der Waals surface area contributed by atoms with Crippen molar-refractivity contribution in [3.8, 4) is 17.2 Å². The molecular weight excluding hydrogens is 420 g/mol. The van der Waals surface area contributed by atoms with Crippen LogP contribution in [0, 0.1) is 6.92 Å². The summed E-state index contributed by atoms with van der Waals surface area (Å²) in [4.78, 5) is 25.0. The quantitative estimate of drug-likeness (QED) is 0.501. The maximum Gasteiger partial charge on any atom is 0.265 e. The molecule has 1 unspecified atom stereocenters. The molecule has 7 nitrogen and oxygen atoms in total. The molecule has 0 aliphatic heterocycles. The number of nitrogens with one attached hydrogen (secondary N) is 1. The third-order valence-electron chi connectivity index (χ3n) is 5.34. The fraction of sp³-hybridized carbons (Fsp3) is 0.308. The summed E-state index contributed by atoms with van der Waals surface area (Å²) in [5, 5.41) is 2.83. The predicted molar refractivity (Wildman–Crippen MR) is 128 cm³/mol. The van der Waals surface area contributed by atoms with Gasteiger partial charge in [-0.2, -0.15) is 0 Å². The Kier molecular flexibility index (Phi) is 8.13. The molecule has 1 atom stereocenters. The summed E-state index contributed by atoms with van der Waals surface area (Å²) in [5.74, 6) is 1.32. The Morgan fingerprint density at radius 1 is 1.03 bits per heavy atom. The van der Waals surface area contributed by atoms with E-state index in [0.29, 0.717) is 24.5 Å². The van der Waals surface area contributed by atoms with Gasteiger partial charge in [0.15, 0.2) is 11.9 Å².